The molecule has 0 radical (unpaired) electrons. The number of hydrogen-bond donors (Lipinski definition) is 1. The van der Waals surface area contributed by atoms with Crippen molar-refractivity contribution in [1.82, 2.24) is 0 Å². The third-order valence-corrected chi connectivity index (χ3v) is 3.76. The van der Waals surface area contributed by atoms with Crippen LogP contribution in [-0.4, -0.2) is 16.9 Å². The van der Waals surface area contributed by atoms with Gasteiger partial charge in [-0.05, 0) is 12.0 Å². The van der Waals surface area contributed by atoms with E-state index in [1.54, 1.807) is 0 Å². The van der Waals surface area contributed by atoms with Gasteiger partial charge in [-0.2, -0.15) is 0 Å². The van der Waals surface area contributed by atoms with Crippen molar-refractivity contribution in [2.24, 2.45) is 10.8 Å². The molecular weight excluding hydrogens is 264 g/mol. The minimum Gasteiger partial charge on any atom is -0.432 e. The fourth-order valence-electron chi connectivity index (χ4n) is 2.54. The van der Waals surface area contributed by atoms with Crippen LogP contribution in [0.4, 0.5) is 0 Å². The molecule has 3 heteroatoms. The van der Waals surface area contributed by atoms with Crippen LogP contribution in [0.25, 0.3) is 0 Å². The largest absolute Gasteiger partial charge is 0.432 e. The average Bonchev–Trinajstić information content (AvgIpc) is 2.35. The Kier molecular flexibility index (Phi) is 5.21. The maximum Gasteiger partial charge on any atom is 0.308 e. The predicted molar refractivity (Wildman–Crippen MR) is 84.7 cm³/mol. The van der Waals surface area contributed by atoms with Gasteiger partial charge in [0.05, 0.1) is 0 Å². The minimum absolute atomic E-state index is 0.262. The number of benzene rings is 1. The van der Waals surface area contributed by atoms with E-state index >= 15 is 0 Å². The van der Waals surface area contributed by atoms with Gasteiger partial charge in [0, 0.05) is 17.3 Å². The number of carbonyl (C=O) groups is 1. The molecule has 0 fully saturated rings. The lowest BCUT2D eigenvalue weighted by atomic mass is 9.70. The molecule has 0 aliphatic heterocycles. The van der Waals surface area contributed by atoms with Gasteiger partial charge in [-0.3, -0.25) is 4.79 Å². The monoisotopic (exact) mass is 292 g/mol. The molecule has 0 aliphatic rings. The van der Waals surface area contributed by atoms with Crippen molar-refractivity contribution in [3.05, 3.63) is 35.9 Å². The zero-order valence-corrected chi connectivity index (χ0v) is 14.1. The molecule has 0 aliphatic carbocycles. The predicted octanol–water partition coefficient (Wildman–Crippen LogP) is 3.94. The average molecular weight is 292 g/mol. The molecule has 0 saturated carbocycles. The van der Waals surface area contributed by atoms with E-state index in [1.165, 1.54) is 0 Å². The first-order chi connectivity index (χ1) is 9.47. The summed E-state index contributed by atoms with van der Waals surface area (Å²) < 4.78 is 5.51. The first-order valence-electron chi connectivity index (χ1n) is 7.45. The van der Waals surface area contributed by atoms with E-state index in [4.69, 9.17) is 4.74 Å². The molecule has 0 atom stereocenters. The van der Waals surface area contributed by atoms with Crippen molar-refractivity contribution in [3.63, 3.8) is 0 Å². The van der Waals surface area contributed by atoms with E-state index in [2.05, 4.69) is 0 Å². The Hall–Kier alpha value is -1.35. The lowest BCUT2D eigenvalue weighted by Crippen LogP contribution is -2.56. The summed E-state index contributed by atoms with van der Waals surface area (Å²) >= 11 is 0. The van der Waals surface area contributed by atoms with Crippen LogP contribution in [0.3, 0.4) is 0 Å². The minimum atomic E-state index is -1.51. The summed E-state index contributed by atoms with van der Waals surface area (Å²) in [5, 5.41) is 10.9. The Balaban J connectivity index is 2.75. The zero-order chi connectivity index (χ0) is 16.3. The maximum absolute atomic E-state index is 12.1. The van der Waals surface area contributed by atoms with Crippen LogP contribution in [-0.2, 0) is 16.0 Å². The molecular formula is C18H28O3. The number of esters is 1. The lowest BCUT2D eigenvalue weighted by Gasteiger charge is -2.47. The molecule has 0 saturated heterocycles. The molecule has 0 unspecified atom stereocenters. The van der Waals surface area contributed by atoms with E-state index in [1.807, 2.05) is 71.9 Å². The Morgan fingerprint density at radius 3 is 1.90 bits per heavy atom. The highest BCUT2D eigenvalue weighted by Crippen LogP contribution is 2.44. The fourth-order valence-corrected chi connectivity index (χ4v) is 2.54. The second-order valence-corrected chi connectivity index (χ2v) is 7.60. The summed E-state index contributed by atoms with van der Waals surface area (Å²) in [4.78, 5) is 12.1. The van der Waals surface area contributed by atoms with Crippen molar-refractivity contribution < 1.29 is 14.6 Å². The van der Waals surface area contributed by atoms with Gasteiger partial charge in [-0.25, -0.2) is 0 Å². The molecule has 118 valence electrons. The van der Waals surface area contributed by atoms with Gasteiger partial charge < -0.3 is 9.84 Å². The second kappa shape index (κ2) is 6.18. The Morgan fingerprint density at radius 2 is 1.48 bits per heavy atom. The highest BCUT2D eigenvalue weighted by atomic mass is 16.7. The molecule has 1 aromatic rings. The van der Waals surface area contributed by atoms with Crippen molar-refractivity contribution in [3.8, 4) is 0 Å². The van der Waals surface area contributed by atoms with Crippen molar-refractivity contribution in [1.29, 1.82) is 0 Å². The Bertz CT molecular complexity index is 449. The van der Waals surface area contributed by atoms with Gasteiger partial charge in [0.2, 0.25) is 5.79 Å². The fraction of sp³-hybridized carbons (Fsp3) is 0.611. The number of ether oxygens (including phenoxy) is 1. The van der Waals surface area contributed by atoms with Gasteiger partial charge >= 0.3 is 5.97 Å². The SMILES string of the molecule is CC(C)(C)C(O)(OC(=O)CCc1ccccc1)C(C)(C)C. The maximum atomic E-state index is 12.1. The van der Waals surface area contributed by atoms with Crippen LogP contribution < -0.4 is 0 Å². The molecule has 0 aromatic heterocycles. The summed E-state index contributed by atoms with van der Waals surface area (Å²) in [7, 11) is 0. The summed E-state index contributed by atoms with van der Waals surface area (Å²) in [5.74, 6) is -1.88. The van der Waals surface area contributed by atoms with E-state index < -0.39 is 16.6 Å². The van der Waals surface area contributed by atoms with Crippen molar-refractivity contribution >= 4 is 5.97 Å². The quantitative estimate of drug-likeness (QED) is 0.675. The first-order valence-corrected chi connectivity index (χ1v) is 7.45. The highest BCUT2D eigenvalue weighted by molar-refractivity contribution is 5.70. The molecule has 0 heterocycles. The van der Waals surface area contributed by atoms with Crippen LogP contribution in [0.15, 0.2) is 30.3 Å². The van der Waals surface area contributed by atoms with Crippen molar-refractivity contribution in [2.45, 2.75) is 60.2 Å². The third kappa shape index (κ3) is 4.31. The third-order valence-electron chi connectivity index (χ3n) is 3.76. The van der Waals surface area contributed by atoms with E-state index in [0.29, 0.717) is 6.42 Å². The van der Waals surface area contributed by atoms with Crippen molar-refractivity contribution in [2.75, 3.05) is 0 Å². The summed E-state index contributed by atoms with van der Waals surface area (Å²) in [5.41, 5.74) is -0.0362. The first kappa shape index (κ1) is 17.7. The number of hydrogen-bond acceptors (Lipinski definition) is 3. The van der Waals surface area contributed by atoms with Crippen LogP contribution >= 0.6 is 0 Å². The molecule has 1 rings (SSSR count). The Morgan fingerprint density at radius 1 is 1.00 bits per heavy atom. The normalized spacial score (nSPS) is 13.1. The summed E-state index contributed by atoms with van der Waals surface area (Å²) in [6.07, 6.45) is 0.878. The highest BCUT2D eigenvalue weighted by Gasteiger charge is 2.52. The van der Waals surface area contributed by atoms with Gasteiger partial charge in [0.1, 0.15) is 0 Å². The molecule has 1 aromatic carbocycles. The second-order valence-electron chi connectivity index (χ2n) is 7.60. The van der Waals surface area contributed by atoms with E-state index in [-0.39, 0.29) is 12.4 Å². The van der Waals surface area contributed by atoms with Crippen LogP contribution in [0.5, 0.6) is 0 Å². The van der Waals surface area contributed by atoms with Crippen LogP contribution in [0, 0.1) is 10.8 Å². The number of aryl methyl sites for hydroxylation is 1. The lowest BCUT2D eigenvalue weighted by molar-refractivity contribution is -0.297. The van der Waals surface area contributed by atoms with Gasteiger partial charge in [-0.15, -0.1) is 0 Å². The zero-order valence-electron chi connectivity index (χ0n) is 14.1. The number of rotatable bonds is 4. The number of aliphatic hydroxyl groups is 1. The van der Waals surface area contributed by atoms with Gasteiger partial charge in [0.25, 0.3) is 0 Å². The molecule has 1 N–H and O–H groups in total. The summed E-state index contributed by atoms with van der Waals surface area (Å²) in [6.45, 7) is 11.3. The van der Waals surface area contributed by atoms with Crippen LogP contribution in [0.1, 0.15) is 53.5 Å². The smallest absolute Gasteiger partial charge is 0.308 e. The van der Waals surface area contributed by atoms with E-state index in [9.17, 15) is 9.90 Å². The van der Waals surface area contributed by atoms with E-state index in [0.717, 1.165) is 5.56 Å². The molecule has 0 spiro atoms. The Labute approximate surface area is 128 Å². The summed E-state index contributed by atoms with van der Waals surface area (Å²) in [6, 6.07) is 9.79. The topological polar surface area (TPSA) is 46.5 Å². The number of carbonyl (C=O) groups excluding carboxylic acids is 1. The standard InChI is InChI=1S/C18H28O3/c1-16(2,3)18(20,17(4,5)6)21-15(19)13-12-14-10-8-7-9-11-14/h7-11,20H,12-13H2,1-6H3. The van der Waals surface area contributed by atoms with Crippen LogP contribution in [0.2, 0.25) is 0 Å². The molecule has 21 heavy (non-hydrogen) atoms. The molecule has 0 bridgehead atoms. The van der Waals surface area contributed by atoms with Gasteiger partial charge in [0.15, 0.2) is 0 Å². The van der Waals surface area contributed by atoms with Gasteiger partial charge in [-0.1, -0.05) is 71.9 Å². The molecule has 0 amide bonds. The molecule has 3 nitrogen and oxygen atoms in total.